The van der Waals surface area contributed by atoms with E-state index >= 15 is 0 Å². The molecule has 0 aliphatic rings. The molecule has 20 heavy (non-hydrogen) atoms. The van der Waals surface area contributed by atoms with Gasteiger partial charge in [-0.15, -0.1) is 0 Å². The van der Waals surface area contributed by atoms with Crippen LogP contribution in [0.15, 0.2) is 53.0 Å². The van der Waals surface area contributed by atoms with Crippen molar-refractivity contribution < 1.29 is 5.11 Å². The van der Waals surface area contributed by atoms with E-state index in [0.29, 0.717) is 6.54 Å². The Kier molecular flexibility index (Phi) is 5.59. The summed E-state index contributed by atoms with van der Waals surface area (Å²) in [5.41, 5.74) is 9.13. The smallest absolute Gasteiger partial charge is 0.0558 e. The summed E-state index contributed by atoms with van der Waals surface area (Å²) < 4.78 is 0.982. The average Bonchev–Trinajstić information content (AvgIpc) is 2.43. The number of benzene rings is 2. The van der Waals surface area contributed by atoms with E-state index in [2.05, 4.69) is 33.0 Å². The lowest BCUT2D eigenvalue weighted by molar-refractivity contribution is 0.184. The second-order valence-electron chi connectivity index (χ2n) is 4.76. The van der Waals surface area contributed by atoms with E-state index in [1.807, 2.05) is 36.4 Å². The van der Waals surface area contributed by atoms with Gasteiger partial charge in [-0.3, -0.25) is 4.90 Å². The lowest BCUT2D eigenvalue weighted by Gasteiger charge is -2.22. The van der Waals surface area contributed by atoms with Gasteiger partial charge in [0.15, 0.2) is 0 Å². The second kappa shape index (κ2) is 7.43. The van der Waals surface area contributed by atoms with Crippen LogP contribution in [0.2, 0.25) is 0 Å². The number of hydrogen-bond acceptors (Lipinski definition) is 3. The van der Waals surface area contributed by atoms with Gasteiger partial charge >= 0.3 is 0 Å². The van der Waals surface area contributed by atoms with Crippen molar-refractivity contribution >= 4 is 21.6 Å². The molecular formula is C16H19BrN2O. The normalized spacial score (nSPS) is 10.9. The molecule has 0 radical (unpaired) electrons. The Bertz CT molecular complexity index is 545. The molecule has 0 bridgehead atoms. The topological polar surface area (TPSA) is 49.5 Å². The number of nitrogens with two attached hydrogens (primary N) is 1. The molecule has 0 aliphatic carbocycles. The van der Waals surface area contributed by atoms with Crippen molar-refractivity contribution in [2.75, 3.05) is 18.9 Å². The van der Waals surface area contributed by atoms with Gasteiger partial charge in [0.05, 0.1) is 6.61 Å². The molecule has 0 heterocycles. The minimum absolute atomic E-state index is 0.142. The number of halogens is 1. The fourth-order valence-electron chi connectivity index (χ4n) is 2.15. The molecule has 0 saturated carbocycles. The summed E-state index contributed by atoms with van der Waals surface area (Å²) in [6.07, 6.45) is 0. The fourth-order valence-corrected chi connectivity index (χ4v) is 2.53. The van der Waals surface area contributed by atoms with Crippen LogP contribution in [0.4, 0.5) is 5.69 Å². The first-order valence-corrected chi connectivity index (χ1v) is 7.39. The molecule has 0 unspecified atom stereocenters. The van der Waals surface area contributed by atoms with Crippen molar-refractivity contribution in [3.05, 3.63) is 64.1 Å². The van der Waals surface area contributed by atoms with Gasteiger partial charge < -0.3 is 10.8 Å². The van der Waals surface area contributed by atoms with Crippen molar-refractivity contribution in [1.29, 1.82) is 0 Å². The zero-order valence-corrected chi connectivity index (χ0v) is 12.9. The minimum Gasteiger partial charge on any atom is -0.398 e. The highest BCUT2D eigenvalue weighted by Crippen LogP contribution is 2.20. The average molecular weight is 335 g/mol. The van der Waals surface area contributed by atoms with Crippen LogP contribution < -0.4 is 5.73 Å². The highest BCUT2D eigenvalue weighted by molar-refractivity contribution is 9.10. The fraction of sp³-hybridized carbons (Fsp3) is 0.250. The van der Waals surface area contributed by atoms with Crippen LogP contribution >= 0.6 is 15.9 Å². The maximum Gasteiger partial charge on any atom is 0.0558 e. The molecule has 2 rings (SSSR count). The zero-order chi connectivity index (χ0) is 14.4. The van der Waals surface area contributed by atoms with E-state index in [9.17, 15) is 5.11 Å². The third-order valence-corrected chi connectivity index (χ3v) is 3.66. The quantitative estimate of drug-likeness (QED) is 0.798. The summed E-state index contributed by atoms with van der Waals surface area (Å²) in [6, 6.07) is 16.2. The first-order valence-electron chi connectivity index (χ1n) is 6.60. The van der Waals surface area contributed by atoms with Crippen LogP contribution in [0.5, 0.6) is 0 Å². The monoisotopic (exact) mass is 334 g/mol. The zero-order valence-electron chi connectivity index (χ0n) is 11.3. The Balaban J connectivity index is 2.09. The molecule has 2 aromatic rings. The Morgan fingerprint density at radius 3 is 2.45 bits per heavy atom. The summed E-state index contributed by atoms with van der Waals surface area (Å²) in [7, 11) is 0. The first kappa shape index (κ1) is 15.0. The van der Waals surface area contributed by atoms with Crippen LogP contribution in [0.1, 0.15) is 11.1 Å². The number of aliphatic hydroxyl groups is 1. The van der Waals surface area contributed by atoms with Gasteiger partial charge in [0.2, 0.25) is 0 Å². The molecule has 0 saturated heterocycles. The lowest BCUT2D eigenvalue weighted by Crippen LogP contribution is -2.26. The molecule has 0 aromatic heterocycles. The van der Waals surface area contributed by atoms with Crippen LogP contribution in [0.25, 0.3) is 0 Å². The molecular weight excluding hydrogens is 316 g/mol. The van der Waals surface area contributed by atoms with Crippen LogP contribution in [0.3, 0.4) is 0 Å². The number of rotatable bonds is 6. The predicted octanol–water partition coefficient (Wildman–Crippen LogP) is 3.03. The first-order chi connectivity index (χ1) is 9.69. The predicted molar refractivity (Wildman–Crippen MR) is 86.2 cm³/mol. The van der Waals surface area contributed by atoms with E-state index in [-0.39, 0.29) is 6.61 Å². The highest BCUT2D eigenvalue weighted by Gasteiger charge is 2.09. The highest BCUT2D eigenvalue weighted by atomic mass is 79.9. The molecule has 0 aliphatic heterocycles. The number of nitrogens with zero attached hydrogens (tertiary/aromatic N) is 1. The molecule has 106 valence electrons. The van der Waals surface area contributed by atoms with Crippen molar-refractivity contribution in [3.8, 4) is 0 Å². The molecule has 0 fully saturated rings. The third kappa shape index (κ3) is 4.34. The minimum atomic E-state index is 0.142. The molecule has 0 spiro atoms. The van der Waals surface area contributed by atoms with Crippen molar-refractivity contribution in [1.82, 2.24) is 4.90 Å². The molecule has 3 N–H and O–H groups in total. The van der Waals surface area contributed by atoms with Crippen molar-refractivity contribution in [2.24, 2.45) is 0 Å². The maximum atomic E-state index is 9.23. The van der Waals surface area contributed by atoms with Crippen LogP contribution in [-0.2, 0) is 13.1 Å². The Morgan fingerprint density at radius 1 is 1.05 bits per heavy atom. The van der Waals surface area contributed by atoms with Crippen molar-refractivity contribution in [3.63, 3.8) is 0 Å². The van der Waals surface area contributed by atoms with Gasteiger partial charge in [-0.2, -0.15) is 0 Å². The number of nitrogen functional groups attached to an aromatic ring is 1. The van der Waals surface area contributed by atoms with E-state index in [1.54, 1.807) is 0 Å². The summed E-state index contributed by atoms with van der Waals surface area (Å²) >= 11 is 3.41. The molecule has 2 aromatic carbocycles. The Labute approximate surface area is 128 Å². The van der Waals surface area contributed by atoms with Gasteiger partial charge in [0.25, 0.3) is 0 Å². The summed E-state index contributed by atoms with van der Waals surface area (Å²) in [5.74, 6) is 0. The summed E-state index contributed by atoms with van der Waals surface area (Å²) in [4.78, 5) is 2.19. The Morgan fingerprint density at radius 2 is 1.80 bits per heavy atom. The summed E-state index contributed by atoms with van der Waals surface area (Å²) in [6.45, 7) is 2.30. The number of anilines is 1. The van der Waals surface area contributed by atoms with E-state index in [4.69, 9.17) is 5.73 Å². The van der Waals surface area contributed by atoms with E-state index in [0.717, 1.165) is 28.8 Å². The third-order valence-electron chi connectivity index (χ3n) is 3.17. The van der Waals surface area contributed by atoms with Crippen LogP contribution in [0, 0.1) is 0 Å². The van der Waals surface area contributed by atoms with E-state index in [1.165, 1.54) is 5.56 Å². The van der Waals surface area contributed by atoms with Gasteiger partial charge in [-0.1, -0.05) is 52.3 Å². The van der Waals surface area contributed by atoms with Crippen LogP contribution in [-0.4, -0.2) is 23.2 Å². The lowest BCUT2D eigenvalue weighted by atomic mass is 10.1. The van der Waals surface area contributed by atoms with Gasteiger partial charge in [0, 0.05) is 29.8 Å². The summed E-state index contributed by atoms with van der Waals surface area (Å²) in [5, 5.41) is 9.23. The standard InChI is InChI=1S/C16H19BrN2O/c17-15-7-6-14(16(18)10-15)12-19(8-9-20)11-13-4-2-1-3-5-13/h1-7,10,20H,8-9,11-12,18H2. The Hall–Kier alpha value is -1.36. The second-order valence-corrected chi connectivity index (χ2v) is 5.68. The largest absolute Gasteiger partial charge is 0.398 e. The van der Waals surface area contributed by atoms with Gasteiger partial charge in [-0.25, -0.2) is 0 Å². The SMILES string of the molecule is Nc1cc(Br)ccc1CN(CCO)Cc1ccccc1. The van der Waals surface area contributed by atoms with Gasteiger partial charge in [0.1, 0.15) is 0 Å². The van der Waals surface area contributed by atoms with Gasteiger partial charge in [-0.05, 0) is 23.3 Å². The van der Waals surface area contributed by atoms with Crippen molar-refractivity contribution in [2.45, 2.75) is 13.1 Å². The number of aliphatic hydroxyl groups excluding tert-OH is 1. The molecule has 0 amide bonds. The molecule has 0 atom stereocenters. The maximum absolute atomic E-state index is 9.23. The number of hydrogen-bond donors (Lipinski definition) is 2. The molecule has 3 nitrogen and oxygen atoms in total. The molecule has 4 heteroatoms. The van der Waals surface area contributed by atoms with E-state index < -0.39 is 0 Å².